The largest absolute Gasteiger partial charge is 0.450 e. The van der Waals surface area contributed by atoms with E-state index in [1.54, 1.807) is 11.1 Å². The summed E-state index contributed by atoms with van der Waals surface area (Å²) >= 11 is 0. The molecule has 0 unspecified atom stereocenters. The second kappa shape index (κ2) is 10.3. The van der Waals surface area contributed by atoms with Crippen molar-refractivity contribution in [1.82, 2.24) is 20.1 Å². The SMILES string of the molecule is CCOC(=O)N1CCC(NCCC(=O)N2CCN(c3ccccn3)CC2)CC1. The summed E-state index contributed by atoms with van der Waals surface area (Å²) in [5, 5.41) is 3.47. The molecule has 0 spiro atoms. The summed E-state index contributed by atoms with van der Waals surface area (Å²) in [5.41, 5.74) is 0. The highest BCUT2D eigenvalue weighted by molar-refractivity contribution is 5.76. The first-order chi connectivity index (χ1) is 13.7. The summed E-state index contributed by atoms with van der Waals surface area (Å²) in [6.07, 6.45) is 3.89. The third-order valence-electron chi connectivity index (χ3n) is 5.40. The van der Waals surface area contributed by atoms with E-state index in [4.69, 9.17) is 4.74 Å². The van der Waals surface area contributed by atoms with Crippen molar-refractivity contribution in [3.63, 3.8) is 0 Å². The van der Waals surface area contributed by atoms with Gasteiger partial charge in [-0.05, 0) is 31.9 Å². The average molecular weight is 390 g/mol. The van der Waals surface area contributed by atoms with Crippen molar-refractivity contribution in [2.24, 2.45) is 0 Å². The highest BCUT2D eigenvalue weighted by Gasteiger charge is 2.24. The molecule has 8 nitrogen and oxygen atoms in total. The van der Waals surface area contributed by atoms with E-state index in [-0.39, 0.29) is 12.0 Å². The Morgan fingerprint density at radius 1 is 1.11 bits per heavy atom. The van der Waals surface area contributed by atoms with Gasteiger partial charge in [0.1, 0.15) is 5.82 Å². The van der Waals surface area contributed by atoms with Gasteiger partial charge in [0.25, 0.3) is 0 Å². The van der Waals surface area contributed by atoms with Gasteiger partial charge in [0, 0.05) is 64.5 Å². The second-order valence-corrected chi connectivity index (χ2v) is 7.22. The average Bonchev–Trinajstić information content (AvgIpc) is 2.75. The van der Waals surface area contributed by atoms with Gasteiger partial charge in [-0.15, -0.1) is 0 Å². The summed E-state index contributed by atoms with van der Waals surface area (Å²) in [6.45, 7) is 7.46. The quantitative estimate of drug-likeness (QED) is 0.791. The Hall–Kier alpha value is -2.35. The van der Waals surface area contributed by atoms with Crippen molar-refractivity contribution in [2.75, 3.05) is 57.3 Å². The van der Waals surface area contributed by atoms with Crippen LogP contribution in [0.3, 0.4) is 0 Å². The lowest BCUT2D eigenvalue weighted by Crippen LogP contribution is -2.50. The number of anilines is 1. The van der Waals surface area contributed by atoms with Crippen LogP contribution in [-0.4, -0.2) is 85.2 Å². The Bertz CT molecular complexity index is 626. The highest BCUT2D eigenvalue weighted by Crippen LogP contribution is 2.14. The molecule has 2 fully saturated rings. The van der Waals surface area contributed by atoms with Crippen molar-refractivity contribution < 1.29 is 14.3 Å². The third kappa shape index (κ3) is 5.58. The molecule has 0 radical (unpaired) electrons. The number of ether oxygens (including phenoxy) is 1. The van der Waals surface area contributed by atoms with Crippen molar-refractivity contribution in [3.05, 3.63) is 24.4 Å². The third-order valence-corrected chi connectivity index (χ3v) is 5.40. The van der Waals surface area contributed by atoms with E-state index in [1.165, 1.54) is 0 Å². The van der Waals surface area contributed by atoms with Gasteiger partial charge >= 0.3 is 6.09 Å². The van der Waals surface area contributed by atoms with Crippen LogP contribution in [0.2, 0.25) is 0 Å². The van der Waals surface area contributed by atoms with Gasteiger partial charge in [0.05, 0.1) is 6.61 Å². The van der Waals surface area contributed by atoms with Gasteiger partial charge in [-0.3, -0.25) is 4.79 Å². The molecular weight excluding hydrogens is 358 g/mol. The van der Waals surface area contributed by atoms with Gasteiger partial charge in [-0.2, -0.15) is 0 Å². The van der Waals surface area contributed by atoms with E-state index < -0.39 is 0 Å². The number of piperidine rings is 1. The van der Waals surface area contributed by atoms with E-state index in [0.29, 0.717) is 38.7 Å². The van der Waals surface area contributed by atoms with E-state index in [0.717, 1.165) is 44.8 Å². The molecule has 0 aromatic carbocycles. The monoisotopic (exact) mass is 389 g/mol. The summed E-state index contributed by atoms with van der Waals surface area (Å²) in [7, 11) is 0. The number of pyridine rings is 1. The fraction of sp³-hybridized carbons (Fsp3) is 0.650. The molecule has 2 saturated heterocycles. The Balaban J connectivity index is 1.31. The molecule has 0 bridgehead atoms. The molecule has 2 amide bonds. The molecule has 1 aromatic heterocycles. The Morgan fingerprint density at radius 2 is 1.86 bits per heavy atom. The van der Waals surface area contributed by atoms with Crippen LogP contribution in [0, 0.1) is 0 Å². The van der Waals surface area contributed by atoms with Gasteiger partial charge in [-0.1, -0.05) is 6.07 Å². The smallest absolute Gasteiger partial charge is 0.409 e. The normalized spacial score (nSPS) is 18.2. The first-order valence-corrected chi connectivity index (χ1v) is 10.3. The molecule has 2 aliphatic heterocycles. The molecule has 1 aromatic rings. The Morgan fingerprint density at radius 3 is 2.50 bits per heavy atom. The number of piperazine rings is 1. The van der Waals surface area contributed by atoms with Gasteiger partial charge < -0.3 is 24.8 Å². The molecule has 2 aliphatic rings. The maximum Gasteiger partial charge on any atom is 0.409 e. The predicted molar refractivity (Wildman–Crippen MR) is 107 cm³/mol. The lowest BCUT2D eigenvalue weighted by Gasteiger charge is -2.35. The zero-order valence-corrected chi connectivity index (χ0v) is 16.7. The zero-order chi connectivity index (χ0) is 19.8. The highest BCUT2D eigenvalue weighted by atomic mass is 16.6. The van der Waals surface area contributed by atoms with Crippen LogP contribution in [0.25, 0.3) is 0 Å². The summed E-state index contributed by atoms with van der Waals surface area (Å²) in [4.78, 5) is 34.5. The van der Waals surface area contributed by atoms with Crippen LogP contribution >= 0.6 is 0 Å². The maximum atomic E-state index is 12.5. The number of nitrogens with zero attached hydrogens (tertiary/aromatic N) is 4. The number of nitrogens with one attached hydrogen (secondary N) is 1. The van der Waals surface area contributed by atoms with Crippen LogP contribution < -0.4 is 10.2 Å². The summed E-state index contributed by atoms with van der Waals surface area (Å²) in [5.74, 6) is 1.18. The molecule has 3 heterocycles. The number of carbonyl (C=O) groups is 2. The fourth-order valence-electron chi connectivity index (χ4n) is 3.75. The van der Waals surface area contributed by atoms with Gasteiger partial charge in [-0.25, -0.2) is 9.78 Å². The Labute approximate surface area is 166 Å². The summed E-state index contributed by atoms with van der Waals surface area (Å²) in [6, 6.07) is 6.27. The minimum Gasteiger partial charge on any atom is -0.450 e. The van der Waals surface area contributed by atoms with E-state index in [2.05, 4.69) is 15.2 Å². The van der Waals surface area contributed by atoms with E-state index in [1.807, 2.05) is 30.0 Å². The summed E-state index contributed by atoms with van der Waals surface area (Å²) < 4.78 is 5.04. The minimum absolute atomic E-state index is 0.206. The van der Waals surface area contributed by atoms with E-state index in [9.17, 15) is 9.59 Å². The Kier molecular flexibility index (Phi) is 7.47. The van der Waals surface area contributed by atoms with Crippen LogP contribution in [0.1, 0.15) is 26.2 Å². The zero-order valence-electron chi connectivity index (χ0n) is 16.7. The standard InChI is InChI=1S/C20H31N5O3/c1-2-28-20(27)25-11-7-17(8-12-25)21-10-6-19(26)24-15-13-23(14-16-24)18-5-3-4-9-22-18/h3-5,9,17,21H,2,6-8,10-16H2,1H3. The molecule has 154 valence electrons. The van der Waals surface area contributed by atoms with Gasteiger partial charge in [0.2, 0.25) is 5.91 Å². The lowest BCUT2D eigenvalue weighted by atomic mass is 10.1. The van der Waals surface area contributed by atoms with Crippen LogP contribution in [0.5, 0.6) is 0 Å². The van der Waals surface area contributed by atoms with Crippen LogP contribution in [0.15, 0.2) is 24.4 Å². The molecule has 0 aliphatic carbocycles. The number of amides is 2. The van der Waals surface area contributed by atoms with Crippen molar-refractivity contribution in [3.8, 4) is 0 Å². The molecule has 1 N–H and O–H groups in total. The van der Waals surface area contributed by atoms with E-state index >= 15 is 0 Å². The number of aromatic nitrogens is 1. The second-order valence-electron chi connectivity index (χ2n) is 7.22. The molecule has 0 saturated carbocycles. The van der Waals surface area contributed by atoms with Crippen LogP contribution in [-0.2, 0) is 9.53 Å². The number of hydrogen-bond acceptors (Lipinski definition) is 6. The molecule has 8 heteroatoms. The molecule has 0 atom stereocenters. The minimum atomic E-state index is -0.221. The number of likely N-dealkylation sites (tertiary alicyclic amines) is 1. The first-order valence-electron chi connectivity index (χ1n) is 10.3. The first kappa shape index (κ1) is 20.4. The topological polar surface area (TPSA) is 78.0 Å². The number of rotatable bonds is 6. The van der Waals surface area contributed by atoms with Crippen molar-refractivity contribution in [1.29, 1.82) is 0 Å². The fourth-order valence-corrected chi connectivity index (χ4v) is 3.75. The lowest BCUT2D eigenvalue weighted by molar-refractivity contribution is -0.131. The number of hydrogen-bond donors (Lipinski definition) is 1. The molecule has 3 rings (SSSR count). The van der Waals surface area contributed by atoms with Crippen molar-refractivity contribution >= 4 is 17.8 Å². The molecular formula is C20H31N5O3. The number of carbonyl (C=O) groups excluding carboxylic acids is 2. The predicted octanol–water partition coefficient (Wildman–Crippen LogP) is 1.33. The van der Waals surface area contributed by atoms with Crippen molar-refractivity contribution in [2.45, 2.75) is 32.2 Å². The maximum absolute atomic E-state index is 12.5. The van der Waals surface area contributed by atoms with Gasteiger partial charge in [0.15, 0.2) is 0 Å². The van der Waals surface area contributed by atoms with Crippen LogP contribution in [0.4, 0.5) is 10.6 Å². The molecule has 28 heavy (non-hydrogen) atoms.